The number of hydrogen-bond acceptors (Lipinski definition) is 3. The largest absolute Gasteiger partial charge is 0.354 e. The molecule has 2 rings (SSSR count). The van der Waals surface area contributed by atoms with Gasteiger partial charge in [0.25, 0.3) is 5.69 Å². The molecule has 0 fully saturated rings. The smallest absolute Gasteiger partial charge is 0.293 e. The van der Waals surface area contributed by atoms with E-state index in [1.165, 1.54) is 6.07 Å². The highest BCUT2D eigenvalue weighted by Gasteiger charge is 2.15. The summed E-state index contributed by atoms with van der Waals surface area (Å²) in [6, 6.07) is 6.89. The maximum atomic E-state index is 11.6. The second-order valence-electron chi connectivity index (χ2n) is 4.95. The molecule has 0 radical (unpaired) electrons. The van der Waals surface area contributed by atoms with Crippen molar-refractivity contribution in [3.63, 3.8) is 0 Å². The Morgan fingerprint density at radius 3 is 2.80 bits per heavy atom. The number of fused-ring (bicyclic) bond motifs is 1. The summed E-state index contributed by atoms with van der Waals surface area (Å²) in [6.07, 6.45) is 2.08. The summed E-state index contributed by atoms with van der Waals surface area (Å²) in [5.41, 5.74) is 0.631. The van der Waals surface area contributed by atoms with Gasteiger partial charge in [-0.25, -0.2) is 0 Å². The first-order valence-corrected chi connectivity index (χ1v) is 6.50. The lowest BCUT2D eigenvalue weighted by Crippen LogP contribution is -2.30. The lowest BCUT2D eigenvalue weighted by molar-refractivity contribution is -0.383. The molecule has 0 atom stereocenters. The minimum absolute atomic E-state index is 0.0552. The molecule has 106 valence electrons. The molecule has 0 saturated carbocycles. The number of nitro groups is 1. The molecule has 0 aliphatic heterocycles. The molecule has 0 unspecified atom stereocenters. The SMILES string of the molecule is CC(C)NC(=O)CCn1ccc2cccc([N+](=O)[O-])c21. The lowest BCUT2D eigenvalue weighted by atomic mass is 10.2. The number of carbonyl (C=O) groups is 1. The maximum absolute atomic E-state index is 11.6. The predicted octanol–water partition coefficient (Wildman–Crippen LogP) is 2.46. The van der Waals surface area contributed by atoms with Gasteiger partial charge in [0, 0.05) is 36.7 Å². The Morgan fingerprint density at radius 1 is 1.40 bits per heavy atom. The van der Waals surface area contributed by atoms with Crippen LogP contribution in [0.2, 0.25) is 0 Å². The molecular formula is C14H17N3O3. The molecule has 0 aliphatic rings. The van der Waals surface area contributed by atoms with Gasteiger partial charge in [-0.15, -0.1) is 0 Å². The number of aryl methyl sites for hydroxylation is 1. The summed E-state index contributed by atoms with van der Waals surface area (Å²) < 4.78 is 1.76. The summed E-state index contributed by atoms with van der Waals surface area (Å²) >= 11 is 0. The number of aromatic nitrogens is 1. The van der Waals surface area contributed by atoms with Crippen molar-refractivity contribution < 1.29 is 9.72 Å². The van der Waals surface area contributed by atoms with Crippen molar-refractivity contribution in [2.24, 2.45) is 0 Å². The monoisotopic (exact) mass is 275 g/mol. The number of benzene rings is 1. The Kier molecular flexibility index (Phi) is 4.02. The third-order valence-corrected chi connectivity index (χ3v) is 2.99. The van der Waals surface area contributed by atoms with E-state index in [4.69, 9.17) is 0 Å². The molecular weight excluding hydrogens is 258 g/mol. The molecule has 1 aromatic carbocycles. The van der Waals surface area contributed by atoms with Crippen LogP contribution in [0.25, 0.3) is 10.9 Å². The molecule has 1 amide bonds. The van der Waals surface area contributed by atoms with E-state index in [0.29, 0.717) is 18.5 Å². The van der Waals surface area contributed by atoms with Crippen LogP contribution < -0.4 is 5.32 Å². The van der Waals surface area contributed by atoms with E-state index in [9.17, 15) is 14.9 Å². The van der Waals surface area contributed by atoms with Gasteiger partial charge in [0.15, 0.2) is 0 Å². The van der Waals surface area contributed by atoms with Crippen LogP contribution in [-0.4, -0.2) is 21.4 Å². The van der Waals surface area contributed by atoms with Gasteiger partial charge < -0.3 is 9.88 Å². The van der Waals surface area contributed by atoms with Gasteiger partial charge in [-0.3, -0.25) is 14.9 Å². The molecule has 0 bridgehead atoms. The molecule has 1 heterocycles. The fraction of sp³-hybridized carbons (Fsp3) is 0.357. The first-order valence-electron chi connectivity index (χ1n) is 6.50. The molecule has 1 N–H and O–H groups in total. The van der Waals surface area contributed by atoms with Gasteiger partial charge >= 0.3 is 0 Å². The Labute approximate surface area is 116 Å². The summed E-state index contributed by atoms with van der Waals surface area (Å²) in [6.45, 7) is 4.22. The van der Waals surface area contributed by atoms with Crippen LogP contribution in [0.15, 0.2) is 30.5 Å². The van der Waals surface area contributed by atoms with Crippen molar-refractivity contribution in [2.45, 2.75) is 32.9 Å². The minimum atomic E-state index is -0.396. The minimum Gasteiger partial charge on any atom is -0.354 e. The molecule has 1 aromatic heterocycles. The highest BCUT2D eigenvalue weighted by molar-refractivity contribution is 5.88. The van der Waals surface area contributed by atoms with E-state index < -0.39 is 4.92 Å². The van der Waals surface area contributed by atoms with Gasteiger partial charge in [-0.1, -0.05) is 12.1 Å². The zero-order valence-electron chi connectivity index (χ0n) is 11.5. The fourth-order valence-electron chi connectivity index (χ4n) is 2.19. The Bertz CT molecular complexity index is 646. The number of nitrogens with zero attached hydrogens (tertiary/aromatic N) is 2. The predicted molar refractivity (Wildman–Crippen MR) is 76.5 cm³/mol. The number of amides is 1. The molecule has 20 heavy (non-hydrogen) atoms. The maximum Gasteiger partial charge on any atom is 0.293 e. The van der Waals surface area contributed by atoms with Crippen LogP contribution >= 0.6 is 0 Å². The second kappa shape index (κ2) is 5.73. The topological polar surface area (TPSA) is 77.2 Å². The van der Waals surface area contributed by atoms with Gasteiger partial charge in [0.05, 0.1) is 4.92 Å². The van der Waals surface area contributed by atoms with Crippen molar-refractivity contribution in [1.82, 2.24) is 9.88 Å². The van der Waals surface area contributed by atoms with Crippen molar-refractivity contribution in [3.05, 3.63) is 40.6 Å². The normalized spacial score (nSPS) is 10.9. The van der Waals surface area contributed by atoms with Crippen LogP contribution in [-0.2, 0) is 11.3 Å². The number of non-ortho nitro benzene ring substituents is 1. The second-order valence-corrected chi connectivity index (χ2v) is 4.95. The molecule has 0 saturated heterocycles. The van der Waals surface area contributed by atoms with Crippen LogP contribution in [0, 0.1) is 10.1 Å². The van der Waals surface area contributed by atoms with Crippen LogP contribution in [0.3, 0.4) is 0 Å². The van der Waals surface area contributed by atoms with Gasteiger partial charge in [0.1, 0.15) is 5.52 Å². The van der Waals surface area contributed by atoms with Gasteiger partial charge in [0.2, 0.25) is 5.91 Å². The van der Waals surface area contributed by atoms with E-state index in [1.807, 2.05) is 26.0 Å². The summed E-state index contributed by atoms with van der Waals surface area (Å²) in [5.74, 6) is -0.0552. The van der Waals surface area contributed by atoms with E-state index in [2.05, 4.69) is 5.32 Å². The number of carbonyl (C=O) groups excluding carboxylic acids is 1. The van der Waals surface area contributed by atoms with E-state index >= 15 is 0 Å². The van der Waals surface area contributed by atoms with Crippen LogP contribution in [0.5, 0.6) is 0 Å². The Morgan fingerprint density at radius 2 is 2.15 bits per heavy atom. The van der Waals surface area contributed by atoms with E-state index in [1.54, 1.807) is 16.8 Å². The Balaban J connectivity index is 2.23. The van der Waals surface area contributed by atoms with Crippen molar-refractivity contribution in [2.75, 3.05) is 0 Å². The third-order valence-electron chi connectivity index (χ3n) is 2.99. The van der Waals surface area contributed by atoms with Crippen LogP contribution in [0.4, 0.5) is 5.69 Å². The van der Waals surface area contributed by atoms with Crippen molar-refractivity contribution in [1.29, 1.82) is 0 Å². The Hall–Kier alpha value is -2.37. The molecule has 6 heteroatoms. The van der Waals surface area contributed by atoms with Crippen molar-refractivity contribution >= 4 is 22.5 Å². The number of para-hydroxylation sites is 1. The van der Waals surface area contributed by atoms with Crippen LogP contribution in [0.1, 0.15) is 20.3 Å². The first kappa shape index (κ1) is 14.0. The number of rotatable bonds is 5. The first-order chi connectivity index (χ1) is 9.49. The molecule has 0 spiro atoms. The molecule has 0 aliphatic carbocycles. The van der Waals surface area contributed by atoms with Gasteiger partial charge in [-0.05, 0) is 19.9 Å². The highest BCUT2D eigenvalue weighted by atomic mass is 16.6. The molecule has 2 aromatic rings. The average Bonchev–Trinajstić information content (AvgIpc) is 2.78. The van der Waals surface area contributed by atoms with Crippen molar-refractivity contribution in [3.8, 4) is 0 Å². The standard InChI is InChI=1S/C14H17N3O3/c1-10(2)15-13(18)7-9-16-8-6-11-4-3-5-12(14(11)16)17(19)20/h3-6,8,10H,7,9H2,1-2H3,(H,15,18). The van der Waals surface area contributed by atoms with Gasteiger partial charge in [-0.2, -0.15) is 0 Å². The average molecular weight is 275 g/mol. The molecule has 6 nitrogen and oxygen atoms in total. The third kappa shape index (κ3) is 2.96. The number of nitro benzene ring substituents is 1. The summed E-state index contributed by atoms with van der Waals surface area (Å²) in [4.78, 5) is 22.3. The van der Waals surface area contributed by atoms with E-state index in [0.717, 1.165) is 5.39 Å². The summed E-state index contributed by atoms with van der Waals surface area (Å²) in [5, 5.41) is 14.7. The fourth-order valence-corrected chi connectivity index (χ4v) is 2.19. The number of hydrogen-bond donors (Lipinski definition) is 1. The zero-order chi connectivity index (χ0) is 14.7. The quantitative estimate of drug-likeness (QED) is 0.672. The summed E-state index contributed by atoms with van der Waals surface area (Å²) in [7, 11) is 0. The number of nitrogens with one attached hydrogen (secondary N) is 1. The lowest BCUT2D eigenvalue weighted by Gasteiger charge is -2.09. The zero-order valence-corrected chi connectivity index (χ0v) is 11.5. The van der Waals surface area contributed by atoms with E-state index in [-0.39, 0.29) is 17.6 Å². The highest BCUT2D eigenvalue weighted by Crippen LogP contribution is 2.26.